The van der Waals surface area contributed by atoms with Crippen molar-refractivity contribution in [3.8, 4) is 0 Å². The number of aliphatic carboxylic acids is 1. The zero-order valence-electron chi connectivity index (χ0n) is 6.69. The van der Waals surface area contributed by atoms with Gasteiger partial charge in [0, 0.05) is 6.61 Å². The van der Waals surface area contributed by atoms with Crippen molar-refractivity contribution in [3.63, 3.8) is 0 Å². The highest BCUT2D eigenvalue weighted by Gasteiger charge is 2.40. The number of nitrogens with two attached hydrogens (primary N) is 1. The zero-order valence-corrected chi connectivity index (χ0v) is 6.69. The summed E-state index contributed by atoms with van der Waals surface area (Å²) in [5.74, 6) is -1.29. The minimum absolute atomic E-state index is 0.112. The van der Waals surface area contributed by atoms with Gasteiger partial charge < -0.3 is 20.7 Å². The first-order valence-corrected chi connectivity index (χ1v) is 3.84. The van der Waals surface area contributed by atoms with Crippen molar-refractivity contribution in [2.75, 3.05) is 13.2 Å². The van der Waals surface area contributed by atoms with E-state index in [4.69, 9.17) is 15.6 Å². The van der Waals surface area contributed by atoms with E-state index >= 15 is 0 Å². The van der Waals surface area contributed by atoms with Gasteiger partial charge in [0.05, 0.1) is 12.1 Å². The first-order chi connectivity index (χ1) is 5.56. The van der Waals surface area contributed by atoms with Crippen LogP contribution in [0.15, 0.2) is 0 Å². The molecule has 0 saturated carbocycles. The van der Waals surface area contributed by atoms with Crippen LogP contribution in [0.5, 0.6) is 0 Å². The predicted octanol–water partition coefficient (Wildman–Crippen LogP) is -1.06. The van der Waals surface area contributed by atoms with Crippen LogP contribution in [0.4, 0.5) is 0 Å². The van der Waals surface area contributed by atoms with Gasteiger partial charge in [-0.2, -0.15) is 0 Å². The molecule has 5 nitrogen and oxygen atoms in total. The largest absolute Gasteiger partial charge is 0.479 e. The van der Waals surface area contributed by atoms with Crippen LogP contribution in [0.25, 0.3) is 0 Å². The number of carbonyl (C=O) groups is 1. The minimum atomic E-state index is -1.53. The average Bonchev–Trinajstić information content (AvgIpc) is 2.04. The Bertz CT molecular complexity index is 176. The Morgan fingerprint density at radius 1 is 1.67 bits per heavy atom. The molecule has 4 N–H and O–H groups in total. The zero-order chi connectivity index (χ0) is 9.19. The summed E-state index contributed by atoms with van der Waals surface area (Å²) in [6.07, 6.45) is -0.348. The molecule has 0 aromatic heterocycles. The third-order valence-corrected chi connectivity index (χ3v) is 2.08. The first kappa shape index (κ1) is 9.44. The lowest BCUT2D eigenvalue weighted by molar-refractivity contribution is -0.154. The summed E-state index contributed by atoms with van der Waals surface area (Å²) in [7, 11) is 0. The highest BCUT2D eigenvalue weighted by atomic mass is 16.5. The summed E-state index contributed by atoms with van der Waals surface area (Å²) in [5, 5.41) is 17.7. The Balaban J connectivity index is 2.62. The van der Waals surface area contributed by atoms with Crippen LogP contribution in [0.2, 0.25) is 0 Å². The number of rotatable bonds is 2. The van der Waals surface area contributed by atoms with Gasteiger partial charge in [0.15, 0.2) is 6.10 Å². The fraction of sp³-hybridized carbons (Fsp3) is 0.857. The SMILES string of the molecule is NC1(C(O)C(=O)O)CCCOC1. The maximum Gasteiger partial charge on any atom is 0.334 e. The Kier molecular flexibility index (Phi) is 2.66. The summed E-state index contributed by atoms with van der Waals surface area (Å²) in [6, 6.07) is 0. The molecule has 1 saturated heterocycles. The van der Waals surface area contributed by atoms with Crippen molar-refractivity contribution < 1.29 is 19.7 Å². The smallest absolute Gasteiger partial charge is 0.334 e. The third kappa shape index (κ3) is 1.74. The fourth-order valence-corrected chi connectivity index (χ4v) is 1.30. The minimum Gasteiger partial charge on any atom is -0.479 e. The normalized spacial score (nSPS) is 32.8. The van der Waals surface area contributed by atoms with E-state index in [1.165, 1.54) is 0 Å². The molecule has 2 unspecified atom stereocenters. The molecule has 70 valence electrons. The quantitative estimate of drug-likeness (QED) is 0.497. The van der Waals surface area contributed by atoms with E-state index in [1.54, 1.807) is 0 Å². The van der Waals surface area contributed by atoms with E-state index in [2.05, 4.69) is 0 Å². The molecule has 0 radical (unpaired) electrons. The van der Waals surface area contributed by atoms with Crippen LogP contribution in [-0.2, 0) is 9.53 Å². The number of ether oxygens (including phenoxy) is 1. The molecule has 1 rings (SSSR count). The van der Waals surface area contributed by atoms with Gasteiger partial charge in [-0.05, 0) is 12.8 Å². The second-order valence-corrected chi connectivity index (χ2v) is 3.13. The van der Waals surface area contributed by atoms with E-state index in [-0.39, 0.29) is 6.61 Å². The lowest BCUT2D eigenvalue weighted by Crippen LogP contribution is -2.59. The topological polar surface area (TPSA) is 92.8 Å². The van der Waals surface area contributed by atoms with Gasteiger partial charge in [0.25, 0.3) is 0 Å². The van der Waals surface area contributed by atoms with E-state index in [1.807, 2.05) is 0 Å². The molecule has 2 atom stereocenters. The maximum atomic E-state index is 10.4. The van der Waals surface area contributed by atoms with Crippen molar-refractivity contribution in [2.24, 2.45) is 5.73 Å². The van der Waals surface area contributed by atoms with Gasteiger partial charge in [0.1, 0.15) is 0 Å². The number of hydrogen-bond acceptors (Lipinski definition) is 4. The molecule has 1 fully saturated rings. The fourth-order valence-electron chi connectivity index (χ4n) is 1.30. The van der Waals surface area contributed by atoms with Gasteiger partial charge in [-0.25, -0.2) is 4.79 Å². The van der Waals surface area contributed by atoms with Crippen molar-refractivity contribution >= 4 is 5.97 Å². The van der Waals surface area contributed by atoms with Gasteiger partial charge >= 0.3 is 5.97 Å². The standard InChI is InChI=1S/C7H13NO4/c8-7(5(9)6(10)11)2-1-3-12-4-7/h5,9H,1-4,8H2,(H,10,11). The van der Waals surface area contributed by atoms with E-state index < -0.39 is 17.6 Å². The van der Waals surface area contributed by atoms with Crippen LogP contribution in [0.3, 0.4) is 0 Å². The lowest BCUT2D eigenvalue weighted by atomic mass is 9.88. The number of carboxylic acids is 1. The van der Waals surface area contributed by atoms with Crippen molar-refractivity contribution in [3.05, 3.63) is 0 Å². The van der Waals surface area contributed by atoms with Crippen LogP contribution in [0, 0.1) is 0 Å². The number of carboxylic acid groups (broad SMARTS) is 1. The van der Waals surface area contributed by atoms with E-state index in [9.17, 15) is 9.90 Å². The monoisotopic (exact) mass is 175 g/mol. The molecule has 1 aliphatic rings. The molecule has 0 spiro atoms. The number of aliphatic hydroxyl groups is 1. The van der Waals surface area contributed by atoms with Gasteiger partial charge in [-0.15, -0.1) is 0 Å². The molecular weight excluding hydrogens is 162 g/mol. The Morgan fingerprint density at radius 3 is 2.75 bits per heavy atom. The summed E-state index contributed by atoms with van der Waals surface area (Å²) < 4.78 is 5.01. The van der Waals surface area contributed by atoms with E-state index in [0.717, 1.165) is 0 Å². The molecule has 0 bridgehead atoms. The Hall–Kier alpha value is -0.650. The molecule has 12 heavy (non-hydrogen) atoms. The molecule has 0 amide bonds. The summed E-state index contributed by atoms with van der Waals surface area (Å²) >= 11 is 0. The highest BCUT2D eigenvalue weighted by molar-refractivity contribution is 5.73. The second-order valence-electron chi connectivity index (χ2n) is 3.13. The van der Waals surface area contributed by atoms with E-state index in [0.29, 0.717) is 19.4 Å². The predicted molar refractivity (Wildman–Crippen MR) is 40.6 cm³/mol. The van der Waals surface area contributed by atoms with Crippen LogP contribution in [-0.4, -0.2) is 41.0 Å². The second kappa shape index (κ2) is 3.38. The van der Waals surface area contributed by atoms with Crippen LogP contribution < -0.4 is 5.73 Å². The first-order valence-electron chi connectivity index (χ1n) is 3.84. The van der Waals surface area contributed by atoms with Crippen molar-refractivity contribution in [1.82, 2.24) is 0 Å². The third-order valence-electron chi connectivity index (χ3n) is 2.08. The van der Waals surface area contributed by atoms with Crippen LogP contribution in [0.1, 0.15) is 12.8 Å². The Morgan fingerprint density at radius 2 is 2.33 bits per heavy atom. The van der Waals surface area contributed by atoms with Gasteiger partial charge in [-0.3, -0.25) is 0 Å². The number of hydrogen-bond donors (Lipinski definition) is 3. The van der Waals surface area contributed by atoms with Crippen LogP contribution >= 0.6 is 0 Å². The molecule has 1 aliphatic heterocycles. The molecular formula is C7H13NO4. The molecule has 0 aromatic rings. The number of aliphatic hydroxyl groups excluding tert-OH is 1. The lowest BCUT2D eigenvalue weighted by Gasteiger charge is -2.34. The highest BCUT2D eigenvalue weighted by Crippen LogP contribution is 2.20. The maximum absolute atomic E-state index is 10.4. The summed E-state index contributed by atoms with van der Waals surface area (Å²) in [4.78, 5) is 10.4. The van der Waals surface area contributed by atoms with Crippen molar-refractivity contribution in [2.45, 2.75) is 24.5 Å². The summed E-state index contributed by atoms with van der Waals surface area (Å²) in [5.41, 5.74) is 4.54. The molecule has 1 heterocycles. The van der Waals surface area contributed by atoms with Gasteiger partial charge in [0.2, 0.25) is 0 Å². The Labute approximate surface area is 70.1 Å². The molecule has 5 heteroatoms. The van der Waals surface area contributed by atoms with Gasteiger partial charge in [-0.1, -0.05) is 0 Å². The van der Waals surface area contributed by atoms with Crippen molar-refractivity contribution in [1.29, 1.82) is 0 Å². The average molecular weight is 175 g/mol. The summed E-state index contributed by atoms with van der Waals surface area (Å²) in [6.45, 7) is 0.700. The molecule has 0 aliphatic carbocycles. The molecule has 0 aromatic carbocycles.